The van der Waals surface area contributed by atoms with Gasteiger partial charge in [0.2, 0.25) is 4.73 Å². The third-order valence-corrected chi connectivity index (χ3v) is 2.57. The van der Waals surface area contributed by atoms with Crippen molar-refractivity contribution in [1.29, 1.82) is 0 Å². The molecule has 2 rings (SSSR count). The van der Waals surface area contributed by atoms with Crippen molar-refractivity contribution in [3.63, 3.8) is 0 Å². The predicted molar refractivity (Wildman–Crippen MR) is 57.6 cm³/mol. The molecule has 0 radical (unpaired) electrons. The number of nitrogens with zero attached hydrogens (tertiary/aromatic N) is 4. The van der Waals surface area contributed by atoms with E-state index < -0.39 is 0 Å². The highest BCUT2D eigenvalue weighted by Crippen LogP contribution is 2.18. The zero-order chi connectivity index (χ0) is 10.7. The Balaban J connectivity index is 2.28. The van der Waals surface area contributed by atoms with E-state index >= 15 is 0 Å². The second kappa shape index (κ2) is 4.39. The van der Waals surface area contributed by atoms with Crippen LogP contribution in [0, 0.1) is 0 Å². The molecule has 0 amide bonds. The van der Waals surface area contributed by atoms with Crippen LogP contribution in [0.2, 0.25) is 0 Å². The average molecular weight is 269 g/mol. The molecule has 5 nitrogen and oxygen atoms in total. The van der Waals surface area contributed by atoms with Gasteiger partial charge in [-0.05, 0) is 32.4 Å². The van der Waals surface area contributed by atoms with E-state index in [4.69, 9.17) is 4.74 Å². The lowest BCUT2D eigenvalue weighted by atomic mass is 10.2. The van der Waals surface area contributed by atoms with E-state index in [1.165, 1.54) is 0 Å². The molecule has 0 bridgehead atoms. The van der Waals surface area contributed by atoms with Crippen LogP contribution in [0.5, 0.6) is 5.75 Å². The Kier molecular flexibility index (Phi) is 2.96. The summed E-state index contributed by atoms with van der Waals surface area (Å²) in [5, 5.41) is 11.1. The molecule has 0 fully saturated rings. The molecule has 0 N–H and O–H groups in total. The third-order valence-electron chi connectivity index (χ3n) is 2.00. The SMILES string of the molecule is COc1ccccc1Cn1nnnc1Br. The standard InChI is InChI=1S/C9H9BrN4O/c1-15-8-5-3-2-4-7(8)6-14-9(10)11-12-13-14/h2-5H,6H2,1H3. The lowest BCUT2D eigenvalue weighted by Crippen LogP contribution is -2.04. The predicted octanol–water partition coefficient (Wildman–Crippen LogP) is 1.49. The highest BCUT2D eigenvalue weighted by Gasteiger charge is 2.06. The van der Waals surface area contributed by atoms with E-state index in [2.05, 4.69) is 31.5 Å². The van der Waals surface area contributed by atoms with Crippen LogP contribution >= 0.6 is 15.9 Å². The molecule has 78 valence electrons. The molecule has 0 saturated carbocycles. The van der Waals surface area contributed by atoms with E-state index in [9.17, 15) is 0 Å². The van der Waals surface area contributed by atoms with Crippen LogP contribution in [0.1, 0.15) is 5.56 Å². The minimum atomic E-state index is 0.581. The van der Waals surface area contributed by atoms with Gasteiger partial charge in [0.15, 0.2) is 0 Å². The maximum atomic E-state index is 5.24. The van der Waals surface area contributed by atoms with E-state index in [0.717, 1.165) is 11.3 Å². The maximum absolute atomic E-state index is 5.24. The van der Waals surface area contributed by atoms with Crippen molar-refractivity contribution in [2.45, 2.75) is 6.54 Å². The van der Waals surface area contributed by atoms with Gasteiger partial charge in [-0.3, -0.25) is 0 Å². The zero-order valence-electron chi connectivity index (χ0n) is 8.09. The quantitative estimate of drug-likeness (QED) is 0.847. The summed E-state index contributed by atoms with van der Waals surface area (Å²) >= 11 is 3.26. The summed E-state index contributed by atoms with van der Waals surface area (Å²) in [5.74, 6) is 0.833. The second-order valence-electron chi connectivity index (χ2n) is 2.92. The molecule has 0 saturated heterocycles. The normalized spacial score (nSPS) is 10.3. The first-order valence-electron chi connectivity index (χ1n) is 4.35. The van der Waals surface area contributed by atoms with Crippen LogP contribution in [0.3, 0.4) is 0 Å². The Morgan fingerprint density at radius 3 is 2.87 bits per heavy atom. The number of para-hydroxylation sites is 1. The number of hydrogen-bond acceptors (Lipinski definition) is 4. The van der Waals surface area contributed by atoms with Crippen molar-refractivity contribution in [2.75, 3.05) is 7.11 Å². The Hall–Kier alpha value is -1.43. The highest BCUT2D eigenvalue weighted by molar-refractivity contribution is 9.10. The van der Waals surface area contributed by atoms with E-state index in [-0.39, 0.29) is 0 Å². The minimum Gasteiger partial charge on any atom is -0.496 e. The molecule has 0 aliphatic heterocycles. The maximum Gasteiger partial charge on any atom is 0.218 e. The summed E-state index contributed by atoms with van der Waals surface area (Å²) in [6, 6.07) is 7.77. The number of methoxy groups -OCH3 is 1. The summed E-state index contributed by atoms with van der Waals surface area (Å²) in [4.78, 5) is 0. The van der Waals surface area contributed by atoms with Gasteiger partial charge in [-0.25, -0.2) is 4.68 Å². The zero-order valence-corrected chi connectivity index (χ0v) is 9.68. The van der Waals surface area contributed by atoms with Crippen LogP contribution in [0.4, 0.5) is 0 Å². The molecule has 0 spiro atoms. The molecule has 2 aromatic rings. The van der Waals surface area contributed by atoms with Gasteiger partial charge in [0.05, 0.1) is 13.7 Å². The van der Waals surface area contributed by atoms with Gasteiger partial charge in [-0.15, -0.1) is 5.10 Å². The first-order chi connectivity index (χ1) is 7.31. The van der Waals surface area contributed by atoms with Crippen LogP contribution < -0.4 is 4.74 Å². The topological polar surface area (TPSA) is 52.8 Å². The molecule has 0 atom stereocenters. The molecule has 15 heavy (non-hydrogen) atoms. The van der Waals surface area contributed by atoms with Crippen LogP contribution in [0.25, 0.3) is 0 Å². The Morgan fingerprint density at radius 1 is 1.40 bits per heavy atom. The Bertz CT molecular complexity index is 457. The monoisotopic (exact) mass is 268 g/mol. The molecule has 6 heteroatoms. The third kappa shape index (κ3) is 2.15. The summed E-state index contributed by atoms with van der Waals surface area (Å²) < 4.78 is 7.49. The summed E-state index contributed by atoms with van der Waals surface area (Å²) in [6.45, 7) is 0.581. The minimum absolute atomic E-state index is 0.581. The summed E-state index contributed by atoms with van der Waals surface area (Å²) in [6.07, 6.45) is 0. The van der Waals surface area contributed by atoms with Gasteiger partial charge in [-0.2, -0.15) is 0 Å². The number of rotatable bonds is 3. The highest BCUT2D eigenvalue weighted by atomic mass is 79.9. The molecule has 0 aliphatic rings. The number of halogens is 1. The molecule has 0 aliphatic carbocycles. The fourth-order valence-corrected chi connectivity index (χ4v) is 1.55. The fourth-order valence-electron chi connectivity index (χ4n) is 1.29. The molecular formula is C9H9BrN4O. The van der Waals surface area contributed by atoms with Gasteiger partial charge in [0, 0.05) is 5.56 Å². The van der Waals surface area contributed by atoms with Crippen LogP contribution in [0.15, 0.2) is 29.0 Å². The number of tetrazole rings is 1. The lowest BCUT2D eigenvalue weighted by Gasteiger charge is -2.07. The number of hydrogen-bond donors (Lipinski definition) is 0. The van der Waals surface area contributed by atoms with Gasteiger partial charge >= 0.3 is 0 Å². The van der Waals surface area contributed by atoms with E-state index in [1.54, 1.807) is 11.8 Å². The van der Waals surface area contributed by atoms with Crippen molar-refractivity contribution >= 4 is 15.9 Å². The van der Waals surface area contributed by atoms with Crippen LogP contribution in [-0.4, -0.2) is 27.3 Å². The van der Waals surface area contributed by atoms with E-state index in [1.807, 2.05) is 24.3 Å². The first kappa shape index (κ1) is 10.1. The lowest BCUT2D eigenvalue weighted by molar-refractivity contribution is 0.407. The number of ether oxygens (including phenoxy) is 1. The van der Waals surface area contributed by atoms with Crippen molar-refractivity contribution in [3.05, 3.63) is 34.6 Å². The molecule has 1 heterocycles. The fraction of sp³-hybridized carbons (Fsp3) is 0.222. The van der Waals surface area contributed by atoms with Crippen molar-refractivity contribution in [3.8, 4) is 5.75 Å². The molecular weight excluding hydrogens is 260 g/mol. The van der Waals surface area contributed by atoms with Crippen LogP contribution in [-0.2, 0) is 6.54 Å². The van der Waals surface area contributed by atoms with Crippen molar-refractivity contribution < 1.29 is 4.74 Å². The van der Waals surface area contributed by atoms with Crippen molar-refractivity contribution in [1.82, 2.24) is 20.2 Å². The Morgan fingerprint density at radius 2 is 2.20 bits per heavy atom. The van der Waals surface area contributed by atoms with Gasteiger partial charge < -0.3 is 4.74 Å². The number of benzene rings is 1. The number of aromatic nitrogens is 4. The largest absolute Gasteiger partial charge is 0.496 e. The van der Waals surface area contributed by atoms with Crippen molar-refractivity contribution in [2.24, 2.45) is 0 Å². The molecule has 1 aromatic carbocycles. The average Bonchev–Trinajstić information content (AvgIpc) is 2.65. The van der Waals surface area contributed by atoms with Gasteiger partial charge in [0.1, 0.15) is 5.75 Å². The smallest absolute Gasteiger partial charge is 0.218 e. The summed E-state index contributed by atoms with van der Waals surface area (Å²) in [5.41, 5.74) is 1.04. The Labute approximate surface area is 95.2 Å². The van der Waals surface area contributed by atoms with Gasteiger partial charge in [0.25, 0.3) is 0 Å². The van der Waals surface area contributed by atoms with Gasteiger partial charge in [-0.1, -0.05) is 18.2 Å². The molecule has 1 aromatic heterocycles. The summed E-state index contributed by atoms with van der Waals surface area (Å²) in [7, 11) is 1.65. The second-order valence-corrected chi connectivity index (χ2v) is 3.63. The molecule has 0 unspecified atom stereocenters. The van der Waals surface area contributed by atoms with E-state index in [0.29, 0.717) is 11.3 Å². The first-order valence-corrected chi connectivity index (χ1v) is 5.14.